The van der Waals surface area contributed by atoms with Crippen molar-refractivity contribution in [1.29, 1.82) is 0 Å². The van der Waals surface area contributed by atoms with Crippen LogP contribution < -0.4 is 5.32 Å². The first-order chi connectivity index (χ1) is 8.38. The highest BCUT2D eigenvalue weighted by atomic mass is 32.1. The fraction of sp³-hybridized carbons (Fsp3) is 0.286. The Morgan fingerprint density at radius 2 is 2.18 bits per heavy atom. The molecule has 1 aromatic heterocycles. The van der Waals surface area contributed by atoms with Gasteiger partial charge >= 0.3 is 0 Å². The lowest BCUT2D eigenvalue weighted by atomic mass is 10.2. The van der Waals surface area contributed by atoms with Crippen LogP contribution in [0.25, 0.3) is 0 Å². The predicted molar refractivity (Wildman–Crippen MR) is 73.7 cm³/mol. The lowest BCUT2D eigenvalue weighted by Gasteiger charge is -2.07. The minimum Gasteiger partial charge on any atom is -0.385 e. The Balaban J connectivity index is 1.84. The summed E-state index contributed by atoms with van der Waals surface area (Å²) in [4.78, 5) is 1.42. The van der Waals surface area contributed by atoms with Crippen molar-refractivity contribution in [3.05, 3.63) is 52.2 Å². The maximum atomic E-state index is 5.12. The van der Waals surface area contributed by atoms with E-state index in [-0.39, 0.29) is 0 Å². The zero-order valence-corrected chi connectivity index (χ0v) is 10.8. The first-order valence-electron chi connectivity index (χ1n) is 5.72. The van der Waals surface area contributed by atoms with E-state index in [1.54, 1.807) is 7.11 Å². The molecule has 0 fully saturated rings. The van der Waals surface area contributed by atoms with Crippen LogP contribution in [0, 0.1) is 0 Å². The predicted octanol–water partition coefficient (Wildman–Crippen LogP) is 3.55. The Morgan fingerprint density at radius 1 is 1.24 bits per heavy atom. The van der Waals surface area contributed by atoms with Crippen LogP contribution in [-0.2, 0) is 17.8 Å². The number of rotatable bonds is 6. The minimum atomic E-state index is 0.667. The van der Waals surface area contributed by atoms with E-state index in [0.717, 1.165) is 18.7 Å². The molecule has 0 atom stereocenters. The zero-order chi connectivity index (χ0) is 11.9. The van der Waals surface area contributed by atoms with Gasteiger partial charge in [0.25, 0.3) is 0 Å². The summed E-state index contributed by atoms with van der Waals surface area (Å²) in [7, 11) is 1.72. The van der Waals surface area contributed by atoms with E-state index in [9.17, 15) is 0 Å². The van der Waals surface area contributed by atoms with Gasteiger partial charge in [-0.15, -0.1) is 11.3 Å². The van der Waals surface area contributed by atoms with E-state index >= 15 is 0 Å². The van der Waals surface area contributed by atoms with Crippen LogP contribution in [0.15, 0.2) is 41.8 Å². The van der Waals surface area contributed by atoms with Gasteiger partial charge in [0.2, 0.25) is 0 Å². The quantitative estimate of drug-likeness (QED) is 0.843. The molecule has 2 aromatic rings. The Hall–Kier alpha value is -1.32. The smallest absolute Gasteiger partial charge is 0.0713 e. The number of ether oxygens (including phenoxy) is 1. The molecule has 0 radical (unpaired) electrons. The molecule has 0 unspecified atom stereocenters. The van der Waals surface area contributed by atoms with E-state index in [1.807, 2.05) is 11.3 Å². The summed E-state index contributed by atoms with van der Waals surface area (Å²) in [5.74, 6) is 0. The number of nitrogens with one attached hydrogen (secondary N) is 1. The third kappa shape index (κ3) is 3.88. The maximum absolute atomic E-state index is 5.12. The second kappa shape index (κ2) is 6.42. The number of methoxy groups -OCH3 is 1. The number of anilines is 1. The first kappa shape index (κ1) is 12.1. The molecule has 2 rings (SSSR count). The fourth-order valence-electron chi connectivity index (χ4n) is 1.72. The normalized spacial score (nSPS) is 10.4. The molecule has 0 spiro atoms. The number of benzene rings is 1. The first-order valence-corrected chi connectivity index (χ1v) is 6.60. The zero-order valence-electron chi connectivity index (χ0n) is 9.98. The Morgan fingerprint density at radius 3 is 2.94 bits per heavy atom. The summed E-state index contributed by atoms with van der Waals surface area (Å²) in [6.45, 7) is 1.64. The van der Waals surface area contributed by atoms with Gasteiger partial charge in [-0.3, -0.25) is 0 Å². The second-order valence-electron chi connectivity index (χ2n) is 3.89. The highest BCUT2D eigenvalue weighted by molar-refractivity contribution is 7.09. The van der Waals surface area contributed by atoms with E-state index in [0.29, 0.717) is 6.61 Å². The molecule has 90 valence electrons. The maximum Gasteiger partial charge on any atom is 0.0713 e. The Kier molecular flexibility index (Phi) is 4.59. The molecular formula is C14H17NOS. The molecule has 3 heteroatoms. The van der Waals surface area contributed by atoms with Gasteiger partial charge in [-0.2, -0.15) is 0 Å². The van der Waals surface area contributed by atoms with Gasteiger partial charge in [0.05, 0.1) is 6.61 Å². The monoisotopic (exact) mass is 247 g/mol. The largest absolute Gasteiger partial charge is 0.385 e. The SMILES string of the molecule is COCc1cccc(NCCc2cccs2)c1. The van der Waals surface area contributed by atoms with Gasteiger partial charge in [-0.05, 0) is 35.6 Å². The third-order valence-electron chi connectivity index (χ3n) is 2.52. The minimum absolute atomic E-state index is 0.667. The van der Waals surface area contributed by atoms with E-state index in [4.69, 9.17) is 4.74 Å². The summed E-state index contributed by atoms with van der Waals surface area (Å²) in [6.07, 6.45) is 1.08. The van der Waals surface area contributed by atoms with Crippen LogP contribution in [0.2, 0.25) is 0 Å². The molecule has 2 nitrogen and oxygen atoms in total. The van der Waals surface area contributed by atoms with Crippen molar-refractivity contribution < 1.29 is 4.74 Å². The Labute approximate surface area is 106 Å². The van der Waals surface area contributed by atoms with Crippen molar-refractivity contribution in [3.8, 4) is 0 Å². The number of thiophene rings is 1. The second-order valence-corrected chi connectivity index (χ2v) is 4.92. The number of hydrogen-bond donors (Lipinski definition) is 1. The summed E-state index contributed by atoms with van der Waals surface area (Å²) in [5.41, 5.74) is 2.37. The summed E-state index contributed by atoms with van der Waals surface area (Å²) < 4.78 is 5.12. The Bertz CT molecular complexity index is 439. The van der Waals surface area contributed by atoms with Gasteiger partial charge in [-0.1, -0.05) is 18.2 Å². The van der Waals surface area contributed by atoms with Crippen LogP contribution in [0.4, 0.5) is 5.69 Å². The van der Waals surface area contributed by atoms with E-state index < -0.39 is 0 Å². The van der Waals surface area contributed by atoms with E-state index in [2.05, 4.69) is 47.1 Å². The molecule has 0 aliphatic heterocycles. The van der Waals surface area contributed by atoms with Crippen LogP contribution in [0.5, 0.6) is 0 Å². The number of hydrogen-bond acceptors (Lipinski definition) is 3. The molecule has 1 heterocycles. The summed E-state index contributed by atoms with van der Waals surface area (Å²) >= 11 is 1.81. The molecule has 0 aliphatic rings. The average molecular weight is 247 g/mol. The molecule has 0 bridgehead atoms. The van der Waals surface area contributed by atoms with Crippen molar-refractivity contribution in [1.82, 2.24) is 0 Å². The topological polar surface area (TPSA) is 21.3 Å². The van der Waals surface area contributed by atoms with Gasteiger partial charge in [0.15, 0.2) is 0 Å². The van der Waals surface area contributed by atoms with Crippen molar-refractivity contribution in [2.45, 2.75) is 13.0 Å². The molecule has 1 N–H and O–H groups in total. The van der Waals surface area contributed by atoms with Crippen LogP contribution >= 0.6 is 11.3 Å². The van der Waals surface area contributed by atoms with Gasteiger partial charge in [0, 0.05) is 24.2 Å². The van der Waals surface area contributed by atoms with Crippen molar-refractivity contribution >= 4 is 17.0 Å². The standard InChI is InChI=1S/C14H17NOS/c1-16-11-12-4-2-5-13(10-12)15-8-7-14-6-3-9-17-14/h2-6,9-10,15H,7-8,11H2,1H3. The van der Waals surface area contributed by atoms with Crippen molar-refractivity contribution in [2.24, 2.45) is 0 Å². The van der Waals surface area contributed by atoms with Crippen molar-refractivity contribution in [2.75, 3.05) is 19.0 Å². The van der Waals surface area contributed by atoms with Gasteiger partial charge < -0.3 is 10.1 Å². The van der Waals surface area contributed by atoms with E-state index in [1.165, 1.54) is 10.4 Å². The fourth-order valence-corrected chi connectivity index (χ4v) is 2.43. The lowest BCUT2D eigenvalue weighted by molar-refractivity contribution is 0.185. The third-order valence-corrected chi connectivity index (χ3v) is 3.45. The summed E-state index contributed by atoms with van der Waals surface area (Å²) in [5, 5.41) is 5.55. The molecule has 1 aromatic carbocycles. The molecule has 0 aliphatic carbocycles. The van der Waals surface area contributed by atoms with Gasteiger partial charge in [-0.25, -0.2) is 0 Å². The molecule has 0 amide bonds. The highest BCUT2D eigenvalue weighted by Crippen LogP contribution is 2.13. The lowest BCUT2D eigenvalue weighted by Crippen LogP contribution is -2.04. The highest BCUT2D eigenvalue weighted by Gasteiger charge is 1.96. The molecule has 0 saturated carbocycles. The van der Waals surface area contributed by atoms with Crippen molar-refractivity contribution in [3.63, 3.8) is 0 Å². The van der Waals surface area contributed by atoms with Crippen LogP contribution in [-0.4, -0.2) is 13.7 Å². The molecular weight excluding hydrogens is 230 g/mol. The summed E-state index contributed by atoms with van der Waals surface area (Å²) in [6, 6.07) is 12.6. The molecule has 17 heavy (non-hydrogen) atoms. The molecule has 0 saturated heterocycles. The van der Waals surface area contributed by atoms with Crippen LogP contribution in [0.1, 0.15) is 10.4 Å². The average Bonchev–Trinajstić information content (AvgIpc) is 2.83. The van der Waals surface area contributed by atoms with Gasteiger partial charge in [0.1, 0.15) is 0 Å². The van der Waals surface area contributed by atoms with Crippen LogP contribution in [0.3, 0.4) is 0 Å².